The number of benzene rings is 3. The molecule has 0 saturated heterocycles. The maximum atomic E-state index is 12.1. The van der Waals surface area contributed by atoms with Gasteiger partial charge in [0.25, 0.3) is 5.91 Å². The second-order valence-corrected chi connectivity index (χ2v) is 7.28. The van der Waals surface area contributed by atoms with E-state index in [0.29, 0.717) is 12.3 Å². The molecule has 0 aliphatic carbocycles. The van der Waals surface area contributed by atoms with Gasteiger partial charge >= 0.3 is 0 Å². The van der Waals surface area contributed by atoms with Crippen molar-refractivity contribution in [3.8, 4) is 17.2 Å². The number of quaternary nitrogens is 1. The van der Waals surface area contributed by atoms with E-state index < -0.39 is 0 Å². The molecule has 1 atom stereocenters. The molecule has 3 aromatic rings. The van der Waals surface area contributed by atoms with E-state index in [4.69, 9.17) is 14.2 Å². The molecule has 0 radical (unpaired) electrons. The predicted octanol–water partition coefficient (Wildman–Crippen LogP) is 3.04. The van der Waals surface area contributed by atoms with E-state index in [0.717, 1.165) is 28.2 Å². The molecule has 0 fully saturated rings. The molecule has 0 unspecified atom stereocenters. The van der Waals surface area contributed by atoms with Gasteiger partial charge in [0, 0.05) is 18.2 Å². The third-order valence-corrected chi connectivity index (χ3v) is 5.08. The summed E-state index contributed by atoms with van der Waals surface area (Å²) in [6.07, 6.45) is 0. The Hall–Kier alpha value is -3.51. The minimum Gasteiger partial charge on any atom is -0.497 e. The van der Waals surface area contributed by atoms with Gasteiger partial charge in [-0.15, -0.1) is 0 Å². The molecule has 0 aromatic heterocycles. The smallest absolute Gasteiger partial charge is 0.258 e. The molecule has 6 nitrogen and oxygen atoms in total. The third kappa shape index (κ3) is 5.99. The Balaban J connectivity index is 1.55. The largest absolute Gasteiger partial charge is 0.497 e. The van der Waals surface area contributed by atoms with Crippen LogP contribution in [0.2, 0.25) is 0 Å². The molecule has 1 amide bonds. The molecule has 0 aliphatic heterocycles. The van der Waals surface area contributed by atoms with Gasteiger partial charge in [0.2, 0.25) is 0 Å². The number of methoxy groups -OCH3 is 2. The Morgan fingerprint density at radius 2 is 1.61 bits per heavy atom. The molecule has 3 rings (SSSR count). The first-order valence-corrected chi connectivity index (χ1v) is 10.1. The highest BCUT2D eigenvalue weighted by molar-refractivity contribution is 5.77. The van der Waals surface area contributed by atoms with Gasteiger partial charge in [0.15, 0.2) is 6.61 Å². The number of ether oxygens (including phenoxy) is 3. The highest BCUT2D eigenvalue weighted by Crippen LogP contribution is 2.31. The van der Waals surface area contributed by atoms with Crippen LogP contribution in [0.4, 0.5) is 0 Å². The van der Waals surface area contributed by atoms with E-state index in [1.54, 1.807) is 14.2 Å². The first-order valence-electron chi connectivity index (χ1n) is 10.1. The average Bonchev–Trinajstić information content (AvgIpc) is 2.81. The number of rotatable bonds is 9. The lowest BCUT2D eigenvalue weighted by Gasteiger charge is -2.15. The Labute approximate surface area is 182 Å². The Morgan fingerprint density at radius 3 is 2.26 bits per heavy atom. The van der Waals surface area contributed by atoms with Crippen LogP contribution in [0.1, 0.15) is 28.3 Å². The van der Waals surface area contributed by atoms with Crippen LogP contribution < -0.4 is 25.3 Å². The summed E-state index contributed by atoms with van der Waals surface area (Å²) < 4.78 is 16.4. The molecule has 0 heterocycles. The number of aryl methyl sites for hydroxylation is 1. The zero-order valence-corrected chi connectivity index (χ0v) is 18.2. The molecule has 31 heavy (non-hydrogen) atoms. The zero-order valence-electron chi connectivity index (χ0n) is 18.2. The van der Waals surface area contributed by atoms with Gasteiger partial charge in [0.05, 0.1) is 19.8 Å². The summed E-state index contributed by atoms with van der Waals surface area (Å²) in [4.78, 5) is 12.1. The van der Waals surface area contributed by atoms with E-state index >= 15 is 0 Å². The summed E-state index contributed by atoms with van der Waals surface area (Å²) in [6, 6.07) is 21.2. The van der Waals surface area contributed by atoms with Crippen LogP contribution in [0.3, 0.4) is 0 Å². The highest BCUT2D eigenvalue weighted by Gasteiger charge is 2.18. The second-order valence-electron chi connectivity index (χ2n) is 7.28. The van der Waals surface area contributed by atoms with Crippen molar-refractivity contribution in [1.29, 1.82) is 0 Å². The van der Waals surface area contributed by atoms with Crippen LogP contribution in [0, 0.1) is 6.92 Å². The first kappa shape index (κ1) is 22.2. The van der Waals surface area contributed by atoms with Crippen molar-refractivity contribution in [3.05, 3.63) is 89.0 Å². The fourth-order valence-corrected chi connectivity index (χ4v) is 3.19. The van der Waals surface area contributed by atoms with Crippen molar-refractivity contribution in [1.82, 2.24) is 5.32 Å². The lowest BCUT2D eigenvalue weighted by molar-refractivity contribution is -0.411. The van der Waals surface area contributed by atoms with Gasteiger partial charge in [-0.3, -0.25) is 4.79 Å². The lowest BCUT2D eigenvalue weighted by atomic mass is 9.98. The monoisotopic (exact) mass is 421 g/mol. The molecule has 0 bridgehead atoms. The van der Waals surface area contributed by atoms with Crippen LogP contribution in [-0.2, 0) is 11.3 Å². The van der Waals surface area contributed by atoms with Crippen LogP contribution >= 0.6 is 0 Å². The van der Waals surface area contributed by atoms with Crippen molar-refractivity contribution in [3.63, 3.8) is 0 Å². The fourth-order valence-electron chi connectivity index (χ4n) is 3.19. The van der Waals surface area contributed by atoms with E-state index in [2.05, 4.69) is 11.1 Å². The fraction of sp³-hybridized carbons (Fsp3) is 0.240. The van der Waals surface area contributed by atoms with Crippen LogP contribution in [0.5, 0.6) is 17.2 Å². The molecule has 4 N–H and O–H groups in total. The molecular weight excluding hydrogens is 392 g/mol. The van der Waals surface area contributed by atoms with E-state index in [9.17, 15) is 4.79 Å². The molecule has 3 aromatic carbocycles. The van der Waals surface area contributed by atoms with Crippen molar-refractivity contribution in [2.75, 3.05) is 20.8 Å². The summed E-state index contributed by atoms with van der Waals surface area (Å²) in [5.41, 5.74) is 8.50. The van der Waals surface area contributed by atoms with Gasteiger partial charge in [0.1, 0.15) is 23.3 Å². The second kappa shape index (κ2) is 10.5. The lowest BCUT2D eigenvalue weighted by Crippen LogP contribution is -2.54. The van der Waals surface area contributed by atoms with Gasteiger partial charge in [-0.05, 0) is 48.9 Å². The number of hydrogen-bond acceptors (Lipinski definition) is 4. The summed E-state index contributed by atoms with van der Waals surface area (Å²) in [5.74, 6) is 1.92. The molecule has 0 spiro atoms. The minimum atomic E-state index is -0.164. The van der Waals surface area contributed by atoms with Crippen molar-refractivity contribution in [2.45, 2.75) is 19.5 Å². The predicted molar refractivity (Wildman–Crippen MR) is 119 cm³/mol. The van der Waals surface area contributed by atoms with Crippen molar-refractivity contribution < 1.29 is 24.7 Å². The van der Waals surface area contributed by atoms with Crippen LogP contribution in [0.15, 0.2) is 66.7 Å². The Kier molecular flexibility index (Phi) is 7.51. The maximum absolute atomic E-state index is 12.1. The number of hydrogen-bond donors (Lipinski definition) is 2. The summed E-state index contributed by atoms with van der Waals surface area (Å²) in [7, 11) is 3.25. The van der Waals surface area contributed by atoms with Crippen molar-refractivity contribution >= 4 is 5.91 Å². The quantitative estimate of drug-likeness (QED) is 0.556. The van der Waals surface area contributed by atoms with Gasteiger partial charge in [-0.2, -0.15) is 0 Å². The summed E-state index contributed by atoms with van der Waals surface area (Å²) >= 11 is 0. The summed E-state index contributed by atoms with van der Waals surface area (Å²) in [5, 5.41) is 2.86. The number of carbonyl (C=O) groups is 1. The normalized spacial score (nSPS) is 11.5. The number of nitrogens with one attached hydrogen (secondary N) is 1. The van der Waals surface area contributed by atoms with Gasteiger partial charge < -0.3 is 25.3 Å². The maximum Gasteiger partial charge on any atom is 0.258 e. The molecule has 162 valence electrons. The number of carbonyl (C=O) groups excluding carboxylic acids is 1. The number of amides is 1. The Morgan fingerprint density at radius 1 is 0.935 bits per heavy atom. The topological polar surface area (TPSA) is 84.4 Å². The van der Waals surface area contributed by atoms with E-state index in [-0.39, 0.29) is 18.6 Å². The summed E-state index contributed by atoms with van der Waals surface area (Å²) in [6.45, 7) is 2.48. The molecule has 0 aliphatic rings. The van der Waals surface area contributed by atoms with Crippen molar-refractivity contribution in [2.24, 2.45) is 0 Å². The van der Waals surface area contributed by atoms with Gasteiger partial charge in [-0.25, -0.2) is 0 Å². The van der Waals surface area contributed by atoms with E-state index in [1.807, 2.05) is 73.7 Å². The third-order valence-electron chi connectivity index (χ3n) is 5.08. The highest BCUT2D eigenvalue weighted by atomic mass is 16.5. The average molecular weight is 422 g/mol. The SMILES string of the molecule is COc1ccc([C@H]([NH3+])c2ccc(OCC(=O)NCc3ccc(C)cc3)cc2)c(OC)c1. The molecule has 6 heteroatoms. The molecular formula is C25H29N2O4+. The van der Waals surface area contributed by atoms with Crippen LogP contribution in [0.25, 0.3) is 0 Å². The van der Waals surface area contributed by atoms with E-state index in [1.165, 1.54) is 5.56 Å². The first-order chi connectivity index (χ1) is 15.0. The van der Waals surface area contributed by atoms with Crippen LogP contribution in [-0.4, -0.2) is 26.7 Å². The Bertz CT molecular complexity index is 1000. The standard InChI is InChI=1S/C25H28N2O4/c1-17-4-6-18(7-5-17)15-27-24(28)16-31-20-10-8-19(9-11-20)25(26)22-13-12-21(29-2)14-23(22)30-3/h4-14,25H,15-16,26H2,1-3H3,(H,27,28)/p+1/t25-/m1/s1. The minimum absolute atomic E-state index is 0.0364. The zero-order chi connectivity index (χ0) is 22.2. The van der Waals surface area contributed by atoms with Gasteiger partial charge in [-0.1, -0.05) is 29.8 Å². The molecule has 0 saturated carbocycles.